The molecule has 0 bridgehead atoms. The van der Waals surface area contributed by atoms with E-state index in [2.05, 4.69) is 15.6 Å². The maximum atomic E-state index is 11.9. The number of carboxylic acid groups (broad SMARTS) is 1. The van der Waals surface area contributed by atoms with Crippen LogP contribution in [0, 0.1) is 0 Å². The van der Waals surface area contributed by atoms with Crippen molar-refractivity contribution in [2.75, 3.05) is 5.32 Å². The molecular formula is C13H19N3O3S. The molecule has 2 amide bonds. The number of carbonyl (C=O) groups excluding carboxylic acids is 1. The van der Waals surface area contributed by atoms with Crippen molar-refractivity contribution in [2.24, 2.45) is 0 Å². The molecule has 2 rings (SSSR count). The van der Waals surface area contributed by atoms with Crippen LogP contribution in [0.4, 0.5) is 9.93 Å². The van der Waals surface area contributed by atoms with Crippen LogP contribution < -0.4 is 10.6 Å². The summed E-state index contributed by atoms with van der Waals surface area (Å²) in [5.41, 5.74) is 0.510. The molecule has 0 aliphatic heterocycles. The number of aromatic carboxylic acids is 1. The van der Waals surface area contributed by atoms with E-state index in [1.807, 2.05) is 6.92 Å². The van der Waals surface area contributed by atoms with Crippen molar-refractivity contribution in [1.82, 2.24) is 10.3 Å². The quantitative estimate of drug-likeness (QED) is 0.797. The Hall–Kier alpha value is -1.63. The highest BCUT2D eigenvalue weighted by atomic mass is 32.1. The third-order valence-corrected chi connectivity index (χ3v) is 4.39. The molecule has 110 valence electrons. The summed E-state index contributed by atoms with van der Waals surface area (Å²) in [6.07, 6.45) is 6.06. The summed E-state index contributed by atoms with van der Waals surface area (Å²) in [4.78, 5) is 27.2. The minimum absolute atomic E-state index is 0.195. The zero-order chi connectivity index (χ0) is 14.5. The van der Waals surface area contributed by atoms with E-state index in [1.165, 1.54) is 6.42 Å². The van der Waals surface area contributed by atoms with Gasteiger partial charge in [-0.1, -0.05) is 37.5 Å². The Labute approximate surface area is 121 Å². The first-order valence-corrected chi connectivity index (χ1v) is 7.72. The predicted octanol–water partition coefficient (Wildman–Crippen LogP) is 2.86. The summed E-state index contributed by atoms with van der Waals surface area (Å²) in [7, 11) is 0. The molecule has 7 heteroatoms. The Kier molecular flexibility index (Phi) is 4.94. The summed E-state index contributed by atoms with van der Waals surface area (Å²) in [6.45, 7) is 1.84. The van der Waals surface area contributed by atoms with Gasteiger partial charge in [-0.15, -0.1) is 0 Å². The van der Waals surface area contributed by atoms with E-state index < -0.39 is 5.97 Å². The lowest BCUT2D eigenvalue weighted by atomic mass is 9.96. The van der Waals surface area contributed by atoms with E-state index in [1.54, 1.807) is 0 Å². The molecule has 1 heterocycles. The van der Waals surface area contributed by atoms with E-state index in [9.17, 15) is 9.59 Å². The van der Waals surface area contributed by atoms with Crippen LogP contribution in [0.1, 0.15) is 54.4 Å². The number of nitrogens with one attached hydrogen (secondary N) is 2. The minimum atomic E-state index is -1.000. The number of carbonyl (C=O) groups is 2. The average molecular weight is 297 g/mol. The van der Waals surface area contributed by atoms with Gasteiger partial charge in [-0.2, -0.15) is 0 Å². The second-order valence-electron chi connectivity index (χ2n) is 4.89. The number of amides is 2. The molecule has 0 unspecified atom stereocenters. The van der Waals surface area contributed by atoms with Gasteiger partial charge in [-0.3, -0.25) is 5.32 Å². The Morgan fingerprint density at radius 3 is 2.60 bits per heavy atom. The van der Waals surface area contributed by atoms with E-state index in [0.717, 1.165) is 37.0 Å². The fourth-order valence-electron chi connectivity index (χ4n) is 2.38. The molecule has 0 radical (unpaired) electrons. The van der Waals surface area contributed by atoms with Gasteiger partial charge >= 0.3 is 12.0 Å². The maximum Gasteiger partial charge on any atom is 0.347 e. The van der Waals surface area contributed by atoms with E-state index >= 15 is 0 Å². The van der Waals surface area contributed by atoms with Crippen LogP contribution in [0.25, 0.3) is 0 Å². The fraction of sp³-hybridized carbons (Fsp3) is 0.615. The van der Waals surface area contributed by atoms with E-state index in [4.69, 9.17) is 5.11 Å². The monoisotopic (exact) mass is 297 g/mol. The van der Waals surface area contributed by atoms with E-state index in [0.29, 0.717) is 17.2 Å². The van der Waals surface area contributed by atoms with Crippen molar-refractivity contribution in [3.8, 4) is 0 Å². The second-order valence-corrected chi connectivity index (χ2v) is 5.89. The Balaban J connectivity index is 1.95. The van der Waals surface area contributed by atoms with Gasteiger partial charge in [0.1, 0.15) is 4.88 Å². The molecule has 0 aromatic carbocycles. The molecule has 1 aromatic rings. The van der Waals surface area contributed by atoms with Gasteiger partial charge in [0.05, 0.1) is 5.69 Å². The third kappa shape index (κ3) is 3.69. The molecule has 0 spiro atoms. The number of nitrogens with zero attached hydrogens (tertiary/aromatic N) is 1. The van der Waals surface area contributed by atoms with Gasteiger partial charge in [0.25, 0.3) is 0 Å². The van der Waals surface area contributed by atoms with Crippen LogP contribution in [0.2, 0.25) is 0 Å². The van der Waals surface area contributed by atoms with Crippen molar-refractivity contribution in [3.63, 3.8) is 0 Å². The first-order chi connectivity index (χ1) is 9.60. The summed E-state index contributed by atoms with van der Waals surface area (Å²) in [6, 6.07) is -0.0847. The van der Waals surface area contributed by atoms with E-state index in [-0.39, 0.29) is 17.0 Å². The maximum absolute atomic E-state index is 11.9. The number of hydrogen-bond acceptors (Lipinski definition) is 4. The van der Waals surface area contributed by atoms with Gasteiger partial charge in [-0.05, 0) is 19.3 Å². The molecule has 6 nitrogen and oxygen atoms in total. The first-order valence-electron chi connectivity index (χ1n) is 6.90. The second kappa shape index (κ2) is 6.69. The van der Waals surface area contributed by atoms with Crippen LogP contribution in [0.5, 0.6) is 0 Å². The summed E-state index contributed by atoms with van der Waals surface area (Å²) in [5.74, 6) is -1.000. The summed E-state index contributed by atoms with van der Waals surface area (Å²) in [5, 5.41) is 14.9. The molecule has 1 saturated carbocycles. The fourth-order valence-corrected chi connectivity index (χ4v) is 3.27. The van der Waals surface area contributed by atoms with Crippen LogP contribution in [0.3, 0.4) is 0 Å². The topological polar surface area (TPSA) is 91.3 Å². The zero-order valence-corrected chi connectivity index (χ0v) is 12.3. The number of thiazole rings is 1. The molecule has 20 heavy (non-hydrogen) atoms. The Bertz CT molecular complexity index is 495. The molecule has 1 aliphatic carbocycles. The molecular weight excluding hydrogens is 278 g/mol. The van der Waals surface area contributed by atoms with Gasteiger partial charge in [0, 0.05) is 6.04 Å². The molecule has 0 atom stereocenters. The van der Waals surface area contributed by atoms with Crippen LogP contribution >= 0.6 is 11.3 Å². The number of carboxylic acids is 1. The average Bonchev–Trinajstić information content (AvgIpc) is 2.83. The SMILES string of the molecule is CCc1nc(NC(=O)NC2CCCCC2)sc1C(=O)O. The molecule has 1 fully saturated rings. The lowest BCUT2D eigenvalue weighted by Gasteiger charge is -2.22. The highest BCUT2D eigenvalue weighted by Gasteiger charge is 2.19. The smallest absolute Gasteiger partial charge is 0.347 e. The number of urea groups is 1. The van der Waals surface area contributed by atoms with Crippen molar-refractivity contribution in [3.05, 3.63) is 10.6 Å². The van der Waals surface area contributed by atoms with Crippen molar-refractivity contribution in [1.29, 1.82) is 0 Å². The van der Waals surface area contributed by atoms with Gasteiger partial charge < -0.3 is 10.4 Å². The number of rotatable bonds is 4. The number of anilines is 1. The first kappa shape index (κ1) is 14.8. The normalized spacial score (nSPS) is 15.8. The molecule has 3 N–H and O–H groups in total. The van der Waals surface area contributed by atoms with Crippen LogP contribution in [-0.2, 0) is 6.42 Å². The molecule has 1 aromatic heterocycles. The Morgan fingerprint density at radius 1 is 1.35 bits per heavy atom. The number of aryl methyl sites for hydroxylation is 1. The standard InChI is InChI=1S/C13H19N3O3S/c1-2-9-10(11(17)18)20-13(15-9)16-12(19)14-8-6-4-3-5-7-8/h8H,2-7H2,1H3,(H,17,18)(H2,14,15,16,19). The van der Waals surface area contributed by atoms with Crippen LogP contribution in [-0.4, -0.2) is 28.1 Å². The summed E-state index contributed by atoms with van der Waals surface area (Å²) < 4.78 is 0. The van der Waals surface area contributed by atoms with Gasteiger partial charge in [0.15, 0.2) is 5.13 Å². The Morgan fingerprint density at radius 2 is 2.05 bits per heavy atom. The number of hydrogen-bond donors (Lipinski definition) is 3. The zero-order valence-electron chi connectivity index (χ0n) is 11.4. The highest BCUT2D eigenvalue weighted by molar-refractivity contribution is 7.17. The highest BCUT2D eigenvalue weighted by Crippen LogP contribution is 2.24. The predicted molar refractivity (Wildman–Crippen MR) is 77.5 cm³/mol. The minimum Gasteiger partial charge on any atom is -0.477 e. The number of aromatic nitrogens is 1. The van der Waals surface area contributed by atoms with Gasteiger partial charge in [0.2, 0.25) is 0 Å². The lowest BCUT2D eigenvalue weighted by Crippen LogP contribution is -2.38. The molecule has 1 aliphatic rings. The van der Waals surface area contributed by atoms with Crippen LogP contribution in [0.15, 0.2) is 0 Å². The molecule has 0 saturated heterocycles. The van der Waals surface area contributed by atoms with Crippen molar-refractivity contribution in [2.45, 2.75) is 51.5 Å². The summed E-state index contributed by atoms with van der Waals surface area (Å²) >= 11 is 1.000. The van der Waals surface area contributed by atoms with Crippen molar-refractivity contribution < 1.29 is 14.7 Å². The van der Waals surface area contributed by atoms with Gasteiger partial charge in [-0.25, -0.2) is 14.6 Å². The van der Waals surface area contributed by atoms with Crippen molar-refractivity contribution >= 4 is 28.5 Å². The lowest BCUT2D eigenvalue weighted by molar-refractivity contribution is 0.0700. The largest absolute Gasteiger partial charge is 0.477 e. The third-order valence-electron chi connectivity index (χ3n) is 3.39.